The molecular formula is C18H17ClF3N3O3S. The van der Waals surface area contributed by atoms with Crippen molar-refractivity contribution in [3.8, 4) is 0 Å². The Bertz CT molecular complexity index is 1070. The third kappa shape index (κ3) is 3.84. The predicted octanol–water partition coefficient (Wildman–Crippen LogP) is 3.57. The number of alkyl halides is 3. The smallest absolute Gasteiger partial charge is 0.299 e. The van der Waals surface area contributed by atoms with Crippen LogP contribution in [0.5, 0.6) is 0 Å². The lowest BCUT2D eigenvalue weighted by atomic mass is 9.87. The Labute approximate surface area is 170 Å². The van der Waals surface area contributed by atoms with Gasteiger partial charge in [0.2, 0.25) is 15.9 Å². The number of carbonyl (C=O) groups is 1. The molecule has 2 aromatic rings. The van der Waals surface area contributed by atoms with E-state index in [4.69, 9.17) is 11.6 Å². The number of halogens is 4. The van der Waals surface area contributed by atoms with Crippen molar-refractivity contribution in [3.63, 3.8) is 0 Å². The summed E-state index contributed by atoms with van der Waals surface area (Å²) >= 11 is 5.70. The van der Waals surface area contributed by atoms with Gasteiger partial charge in [-0.1, -0.05) is 23.7 Å². The molecule has 1 aliphatic heterocycles. The van der Waals surface area contributed by atoms with E-state index in [9.17, 15) is 26.4 Å². The van der Waals surface area contributed by atoms with Gasteiger partial charge in [0.1, 0.15) is 16.8 Å². The summed E-state index contributed by atoms with van der Waals surface area (Å²) in [5.74, 6) is -0.0270. The SMILES string of the molecule is CN1C(=O)C(C)(C)c2cc(S(=O)(=O)N[C@H](c3ccc(Cl)cc3)C(F)(F)F)cnc21. The van der Waals surface area contributed by atoms with Crippen molar-refractivity contribution in [1.82, 2.24) is 9.71 Å². The first-order chi connectivity index (χ1) is 13.2. The Balaban J connectivity index is 2.02. The fourth-order valence-electron chi connectivity index (χ4n) is 3.15. The van der Waals surface area contributed by atoms with Gasteiger partial charge in [-0.15, -0.1) is 0 Å². The topological polar surface area (TPSA) is 79.4 Å². The first kappa shape index (κ1) is 21.5. The first-order valence-corrected chi connectivity index (χ1v) is 10.2. The number of carbonyl (C=O) groups excluding carboxylic acids is 1. The second-order valence-corrected chi connectivity index (χ2v) is 9.33. The molecule has 1 aromatic carbocycles. The molecule has 0 bridgehead atoms. The summed E-state index contributed by atoms with van der Waals surface area (Å²) in [5.41, 5.74) is -1.04. The molecule has 1 aliphatic rings. The number of nitrogens with one attached hydrogen (secondary N) is 1. The molecule has 0 unspecified atom stereocenters. The van der Waals surface area contributed by atoms with Crippen LogP contribution < -0.4 is 9.62 Å². The first-order valence-electron chi connectivity index (χ1n) is 8.38. The number of amides is 1. The fraction of sp³-hybridized carbons (Fsp3) is 0.333. The quantitative estimate of drug-likeness (QED) is 0.777. The molecule has 29 heavy (non-hydrogen) atoms. The number of likely N-dealkylation sites (N-methyl/N-ethyl adjacent to an activating group) is 1. The number of aromatic nitrogens is 1. The lowest BCUT2D eigenvalue weighted by Crippen LogP contribution is -2.38. The lowest BCUT2D eigenvalue weighted by Gasteiger charge is -2.22. The molecule has 0 fully saturated rings. The number of rotatable bonds is 4. The predicted molar refractivity (Wildman–Crippen MR) is 101 cm³/mol. The number of hydrogen-bond donors (Lipinski definition) is 1. The Morgan fingerprint density at radius 3 is 2.34 bits per heavy atom. The molecular weight excluding hydrogens is 431 g/mol. The highest BCUT2D eigenvalue weighted by Gasteiger charge is 2.46. The van der Waals surface area contributed by atoms with Crippen molar-refractivity contribution in [2.24, 2.45) is 0 Å². The van der Waals surface area contributed by atoms with Crippen LogP contribution in [0.4, 0.5) is 19.0 Å². The average Bonchev–Trinajstić information content (AvgIpc) is 2.80. The Morgan fingerprint density at radius 1 is 1.21 bits per heavy atom. The molecule has 156 valence electrons. The number of nitrogens with zero attached hydrogens (tertiary/aromatic N) is 2. The van der Waals surface area contributed by atoms with Gasteiger partial charge in [0.05, 0.1) is 5.41 Å². The van der Waals surface area contributed by atoms with Gasteiger partial charge in [-0.2, -0.15) is 17.9 Å². The van der Waals surface area contributed by atoms with Gasteiger partial charge in [-0.25, -0.2) is 13.4 Å². The van der Waals surface area contributed by atoms with Gasteiger partial charge in [0.15, 0.2) is 0 Å². The largest absolute Gasteiger partial charge is 0.408 e. The maximum absolute atomic E-state index is 13.6. The summed E-state index contributed by atoms with van der Waals surface area (Å²) < 4.78 is 67.9. The van der Waals surface area contributed by atoms with E-state index in [1.165, 1.54) is 30.1 Å². The van der Waals surface area contributed by atoms with E-state index in [2.05, 4.69) is 4.98 Å². The maximum atomic E-state index is 13.6. The second kappa shape index (κ2) is 6.96. The molecule has 2 heterocycles. The van der Waals surface area contributed by atoms with Gasteiger partial charge >= 0.3 is 6.18 Å². The van der Waals surface area contributed by atoms with Crippen LogP contribution in [0.3, 0.4) is 0 Å². The summed E-state index contributed by atoms with van der Waals surface area (Å²) in [6.45, 7) is 3.19. The van der Waals surface area contributed by atoms with Gasteiger partial charge in [-0.05, 0) is 37.6 Å². The number of fused-ring (bicyclic) bond motifs is 1. The zero-order valence-electron chi connectivity index (χ0n) is 15.6. The zero-order chi connectivity index (χ0) is 21.8. The minimum Gasteiger partial charge on any atom is -0.299 e. The second-order valence-electron chi connectivity index (χ2n) is 7.18. The van der Waals surface area contributed by atoms with Crippen molar-refractivity contribution in [2.75, 3.05) is 11.9 Å². The van der Waals surface area contributed by atoms with Crippen LogP contribution in [-0.4, -0.2) is 32.5 Å². The number of benzene rings is 1. The van der Waals surface area contributed by atoms with E-state index < -0.39 is 32.6 Å². The molecule has 1 atom stereocenters. The monoisotopic (exact) mass is 447 g/mol. The van der Waals surface area contributed by atoms with Gasteiger partial charge in [-0.3, -0.25) is 9.69 Å². The average molecular weight is 448 g/mol. The number of sulfonamides is 1. The highest BCUT2D eigenvalue weighted by atomic mass is 35.5. The highest BCUT2D eigenvalue weighted by Crippen LogP contribution is 2.40. The van der Waals surface area contributed by atoms with Gasteiger partial charge < -0.3 is 0 Å². The zero-order valence-corrected chi connectivity index (χ0v) is 17.2. The molecule has 0 spiro atoms. The summed E-state index contributed by atoms with van der Waals surface area (Å²) in [5, 5.41) is 0.219. The fourth-order valence-corrected chi connectivity index (χ4v) is 4.45. The summed E-state index contributed by atoms with van der Waals surface area (Å²) in [6.07, 6.45) is -3.96. The third-order valence-electron chi connectivity index (χ3n) is 4.79. The summed E-state index contributed by atoms with van der Waals surface area (Å²) in [7, 11) is -3.11. The van der Waals surface area contributed by atoms with Crippen LogP contribution in [0.15, 0.2) is 41.4 Å². The van der Waals surface area contributed by atoms with E-state index in [-0.39, 0.29) is 22.3 Å². The highest BCUT2D eigenvalue weighted by molar-refractivity contribution is 7.89. The van der Waals surface area contributed by atoms with Crippen LogP contribution >= 0.6 is 11.6 Å². The molecule has 11 heteroatoms. The number of hydrogen-bond acceptors (Lipinski definition) is 4. The van der Waals surface area contributed by atoms with E-state index >= 15 is 0 Å². The number of pyridine rings is 1. The van der Waals surface area contributed by atoms with Crippen LogP contribution in [-0.2, 0) is 20.2 Å². The molecule has 1 aromatic heterocycles. The Hall–Kier alpha value is -2.17. The van der Waals surface area contributed by atoms with Crippen LogP contribution in [0.2, 0.25) is 5.02 Å². The van der Waals surface area contributed by atoms with Gasteiger partial charge in [0.25, 0.3) is 0 Å². The van der Waals surface area contributed by atoms with Crippen LogP contribution in [0.25, 0.3) is 0 Å². The minimum absolute atomic E-state index is 0.219. The standard InChI is InChI=1S/C18H17ClF3N3O3S/c1-17(2)13-8-12(9-23-15(13)25(3)16(17)26)29(27,28)24-14(18(20,21)22)10-4-6-11(19)7-5-10/h4-9,14,24H,1-3H3/t14-/m1/s1. The molecule has 0 radical (unpaired) electrons. The van der Waals surface area contributed by atoms with E-state index in [0.29, 0.717) is 5.56 Å². The van der Waals surface area contributed by atoms with Crippen LogP contribution in [0.1, 0.15) is 31.0 Å². The molecule has 6 nitrogen and oxygen atoms in total. The lowest BCUT2D eigenvalue weighted by molar-refractivity contribution is -0.153. The normalized spacial score (nSPS) is 17.3. The molecule has 1 amide bonds. The van der Waals surface area contributed by atoms with E-state index in [0.717, 1.165) is 18.3 Å². The van der Waals surface area contributed by atoms with Crippen molar-refractivity contribution in [2.45, 2.75) is 36.4 Å². The Morgan fingerprint density at radius 2 is 1.79 bits per heavy atom. The Kier molecular flexibility index (Phi) is 5.17. The van der Waals surface area contributed by atoms with Crippen molar-refractivity contribution in [3.05, 3.63) is 52.7 Å². The molecule has 1 N–H and O–H groups in total. The molecule has 0 saturated carbocycles. The van der Waals surface area contributed by atoms with E-state index in [1.807, 2.05) is 0 Å². The van der Waals surface area contributed by atoms with Crippen molar-refractivity contribution >= 4 is 33.3 Å². The van der Waals surface area contributed by atoms with Crippen molar-refractivity contribution in [1.29, 1.82) is 0 Å². The molecule has 0 saturated heterocycles. The third-order valence-corrected chi connectivity index (χ3v) is 6.43. The van der Waals surface area contributed by atoms with Crippen LogP contribution in [0, 0.1) is 0 Å². The minimum atomic E-state index is -4.89. The number of anilines is 1. The summed E-state index contributed by atoms with van der Waals surface area (Å²) in [4.78, 5) is 17.1. The van der Waals surface area contributed by atoms with Gasteiger partial charge in [0, 0.05) is 23.8 Å². The summed E-state index contributed by atoms with van der Waals surface area (Å²) in [6, 6.07) is 3.38. The van der Waals surface area contributed by atoms with Crippen molar-refractivity contribution < 1.29 is 26.4 Å². The maximum Gasteiger partial charge on any atom is 0.408 e. The molecule has 0 aliphatic carbocycles. The van der Waals surface area contributed by atoms with E-state index in [1.54, 1.807) is 18.6 Å². The molecule has 3 rings (SSSR count).